The van der Waals surface area contributed by atoms with Crippen LogP contribution in [0.1, 0.15) is 50.3 Å². The molecule has 0 aliphatic rings. The van der Waals surface area contributed by atoms with Crippen LogP contribution >= 0.6 is 15.9 Å². The number of carbonyl (C=O) groups excluding carboxylic acids is 1. The number of benzene rings is 1. The van der Waals surface area contributed by atoms with Gasteiger partial charge in [0.05, 0.1) is 0 Å². The van der Waals surface area contributed by atoms with E-state index in [0.29, 0.717) is 0 Å². The van der Waals surface area contributed by atoms with Crippen molar-refractivity contribution in [3.05, 3.63) is 35.4 Å². The van der Waals surface area contributed by atoms with Gasteiger partial charge in [-0.25, -0.2) is 0 Å². The Morgan fingerprint density at radius 1 is 1.47 bits per heavy atom. The number of unbranched alkanes of at least 4 members (excludes halogenated alkanes) is 1. The molecule has 0 aliphatic heterocycles. The molecule has 1 rings (SSSR count). The topological polar surface area (TPSA) is 26.3 Å². The Kier molecular flexibility index (Phi) is 6.27. The molecule has 3 heteroatoms. The van der Waals surface area contributed by atoms with Crippen LogP contribution < -0.4 is 0 Å². The van der Waals surface area contributed by atoms with Gasteiger partial charge in [-0.3, -0.25) is 4.79 Å². The van der Waals surface area contributed by atoms with Gasteiger partial charge in [0.25, 0.3) is 0 Å². The van der Waals surface area contributed by atoms with Crippen molar-refractivity contribution in [3.8, 4) is 0 Å². The van der Waals surface area contributed by atoms with Crippen molar-refractivity contribution in [2.45, 2.75) is 44.5 Å². The van der Waals surface area contributed by atoms with Crippen molar-refractivity contribution in [2.75, 3.05) is 0 Å². The molecule has 0 radical (unpaired) electrons. The van der Waals surface area contributed by atoms with Gasteiger partial charge in [0, 0.05) is 12.3 Å². The highest BCUT2D eigenvalue weighted by atomic mass is 79.9. The van der Waals surface area contributed by atoms with Gasteiger partial charge in [-0.1, -0.05) is 53.5 Å². The Hall–Kier alpha value is -0.830. The quantitative estimate of drug-likeness (QED) is 0.575. The highest BCUT2D eigenvalue weighted by Crippen LogP contribution is 2.25. The van der Waals surface area contributed by atoms with Crippen LogP contribution in [0.25, 0.3) is 0 Å². The standard InChI is InChI=1S/C14H19BrO2/c1-3-4-8-14(17-11(2)16)13-7-5-6-12(9-13)10-15/h5-7,9,14H,3-4,8,10H2,1-2H3. The summed E-state index contributed by atoms with van der Waals surface area (Å²) in [6.45, 7) is 3.60. The number of alkyl halides is 1. The molecule has 0 N–H and O–H groups in total. The highest BCUT2D eigenvalue weighted by Gasteiger charge is 2.14. The zero-order chi connectivity index (χ0) is 12.7. The number of ether oxygens (including phenoxy) is 1. The molecule has 0 aliphatic carbocycles. The molecule has 0 spiro atoms. The van der Waals surface area contributed by atoms with Crippen LogP contribution in [0.5, 0.6) is 0 Å². The zero-order valence-electron chi connectivity index (χ0n) is 10.4. The lowest BCUT2D eigenvalue weighted by Crippen LogP contribution is -2.08. The van der Waals surface area contributed by atoms with E-state index in [0.717, 1.165) is 30.2 Å². The molecule has 1 aromatic rings. The number of hydrogen-bond donors (Lipinski definition) is 0. The molecule has 1 aromatic carbocycles. The normalized spacial score (nSPS) is 12.2. The van der Waals surface area contributed by atoms with Gasteiger partial charge in [-0.05, 0) is 24.0 Å². The Balaban J connectivity index is 2.82. The first kappa shape index (κ1) is 14.2. The average molecular weight is 299 g/mol. The SMILES string of the molecule is CCCCC(OC(C)=O)c1cccc(CBr)c1. The van der Waals surface area contributed by atoms with E-state index in [1.54, 1.807) is 0 Å². The van der Waals surface area contributed by atoms with Crippen LogP contribution in [0.15, 0.2) is 24.3 Å². The minimum atomic E-state index is -0.213. The van der Waals surface area contributed by atoms with E-state index in [1.807, 2.05) is 12.1 Å². The van der Waals surface area contributed by atoms with Crippen molar-refractivity contribution >= 4 is 21.9 Å². The molecule has 0 amide bonds. The molecule has 94 valence electrons. The van der Waals surface area contributed by atoms with Gasteiger partial charge in [0.15, 0.2) is 0 Å². The summed E-state index contributed by atoms with van der Waals surface area (Å²) in [7, 11) is 0. The van der Waals surface area contributed by atoms with Crippen LogP contribution in [0.3, 0.4) is 0 Å². The molecule has 17 heavy (non-hydrogen) atoms. The smallest absolute Gasteiger partial charge is 0.303 e. The second-order valence-electron chi connectivity index (χ2n) is 4.12. The van der Waals surface area contributed by atoms with E-state index < -0.39 is 0 Å². The maximum absolute atomic E-state index is 11.1. The maximum atomic E-state index is 11.1. The number of halogens is 1. The monoisotopic (exact) mass is 298 g/mol. The first-order valence-electron chi connectivity index (χ1n) is 5.99. The third-order valence-electron chi connectivity index (χ3n) is 2.61. The lowest BCUT2D eigenvalue weighted by atomic mass is 10.0. The molecule has 0 aromatic heterocycles. The van der Waals surface area contributed by atoms with Crippen LogP contribution in [-0.2, 0) is 14.9 Å². The predicted molar refractivity (Wildman–Crippen MR) is 73.1 cm³/mol. The summed E-state index contributed by atoms with van der Waals surface area (Å²) >= 11 is 3.44. The fraction of sp³-hybridized carbons (Fsp3) is 0.500. The third-order valence-corrected chi connectivity index (χ3v) is 3.25. The Morgan fingerprint density at radius 3 is 2.82 bits per heavy atom. The van der Waals surface area contributed by atoms with Crippen molar-refractivity contribution in [1.29, 1.82) is 0 Å². The molecule has 0 heterocycles. The van der Waals surface area contributed by atoms with E-state index >= 15 is 0 Å². The first-order valence-corrected chi connectivity index (χ1v) is 7.11. The predicted octanol–water partition coefficient (Wildman–Crippen LogP) is 4.38. The molecular formula is C14H19BrO2. The maximum Gasteiger partial charge on any atom is 0.303 e. The number of esters is 1. The van der Waals surface area contributed by atoms with E-state index in [9.17, 15) is 4.79 Å². The van der Waals surface area contributed by atoms with Crippen LogP contribution in [0, 0.1) is 0 Å². The summed E-state index contributed by atoms with van der Waals surface area (Å²) in [5.74, 6) is -0.213. The third kappa shape index (κ3) is 4.90. The molecule has 1 unspecified atom stereocenters. The molecule has 0 bridgehead atoms. The molecular weight excluding hydrogens is 280 g/mol. The number of carbonyl (C=O) groups is 1. The van der Waals surface area contributed by atoms with Gasteiger partial charge in [0.2, 0.25) is 0 Å². The lowest BCUT2D eigenvalue weighted by Gasteiger charge is -2.17. The number of rotatable bonds is 6. The number of hydrogen-bond acceptors (Lipinski definition) is 2. The summed E-state index contributed by atoms with van der Waals surface area (Å²) in [6, 6.07) is 8.19. The van der Waals surface area contributed by atoms with E-state index in [4.69, 9.17) is 4.74 Å². The minimum absolute atomic E-state index is 0.105. The highest BCUT2D eigenvalue weighted by molar-refractivity contribution is 9.08. The second-order valence-corrected chi connectivity index (χ2v) is 4.68. The fourth-order valence-electron chi connectivity index (χ4n) is 1.76. The average Bonchev–Trinajstić information content (AvgIpc) is 2.34. The summed E-state index contributed by atoms with van der Waals surface area (Å²) < 4.78 is 5.38. The van der Waals surface area contributed by atoms with Crippen molar-refractivity contribution in [1.82, 2.24) is 0 Å². The zero-order valence-corrected chi connectivity index (χ0v) is 12.0. The van der Waals surface area contributed by atoms with Gasteiger partial charge in [-0.15, -0.1) is 0 Å². The van der Waals surface area contributed by atoms with E-state index in [1.165, 1.54) is 12.5 Å². The summed E-state index contributed by atoms with van der Waals surface area (Å²) in [5, 5.41) is 0.821. The summed E-state index contributed by atoms with van der Waals surface area (Å²) in [5.41, 5.74) is 2.29. The Labute approximate surface area is 111 Å². The molecule has 1 atom stereocenters. The van der Waals surface area contributed by atoms with Gasteiger partial charge in [0.1, 0.15) is 6.10 Å². The van der Waals surface area contributed by atoms with Crippen LogP contribution in [-0.4, -0.2) is 5.97 Å². The summed E-state index contributed by atoms with van der Waals surface area (Å²) in [6.07, 6.45) is 2.96. The molecule has 0 saturated carbocycles. The van der Waals surface area contributed by atoms with Gasteiger partial charge >= 0.3 is 5.97 Å². The van der Waals surface area contributed by atoms with Gasteiger partial charge in [-0.2, -0.15) is 0 Å². The molecule has 0 fully saturated rings. The van der Waals surface area contributed by atoms with E-state index in [-0.39, 0.29) is 12.1 Å². The van der Waals surface area contributed by atoms with Crippen molar-refractivity contribution in [2.24, 2.45) is 0 Å². The Morgan fingerprint density at radius 2 is 2.24 bits per heavy atom. The second kappa shape index (κ2) is 7.49. The van der Waals surface area contributed by atoms with Crippen molar-refractivity contribution in [3.63, 3.8) is 0 Å². The van der Waals surface area contributed by atoms with Crippen LogP contribution in [0.2, 0.25) is 0 Å². The fourth-order valence-corrected chi connectivity index (χ4v) is 2.11. The Bertz CT molecular complexity index is 363. The molecule has 0 saturated heterocycles. The molecule has 2 nitrogen and oxygen atoms in total. The van der Waals surface area contributed by atoms with Crippen molar-refractivity contribution < 1.29 is 9.53 Å². The van der Waals surface area contributed by atoms with Gasteiger partial charge < -0.3 is 4.74 Å². The lowest BCUT2D eigenvalue weighted by molar-refractivity contribution is -0.147. The summed E-state index contributed by atoms with van der Waals surface area (Å²) in [4.78, 5) is 11.1. The first-order chi connectivity index (χ1) is 8.17. The largest absolute Gasteiger partial charge is 0.458 e. The minimum Gasteiger partial charge on any atom is -0.458 e. The van der Waals surface area contributed by atoms with E-state index in [2.05, 4.69) is 35.0 Å². The van der Waals surface area contributed by atoms with Crippen LogP contribution in [0.4, 0.5) is 0 Å².